The fourth-order valence-electron chi connectivity index (χ4n) is 1.14. The van der Waals surface area contributed by atoms with Gasteiger partial charge in [0, 0.05) is 0 Å². The number of rotatable bonds is 4. The Kier molecular flexibility index (Phi) is 26.0. The molecule has 0 saturated heterocycles. The smallest absolute Gasteiger partial charge is 0.0417 e. The first kappa shape index (κ1) is 20.2. The molecule has 0 fully saturated rings. The second-order valence-corrected chi connectivity index (χ2v) is 3.82. The third-order valence-corrected chi connectivity index (χ3v) is 2.69. The largest absolute Gasteiger partial charge is 0.0919 e. The molecule has 0 bridgehead atoms. The molecule has 94 valence electrons. The first-order chi connectivity index (χ1) is 7.13. The molecule has 0 aromatic heterocycles. The number of allylic oxidation sites excluding steroid dienone is 2. The Bertz CT molecular complexity index is 98.6. The van der Waals surface area contributed by atoms with E-state index in [0.29, 0.717) is 0 Å². The maximum atomic E-state index is 2.36. The number of hydrogen-bond acceptors (Lipinski definition) is 0. The van der Waals surface area contributed by atoms with Crippen molar-refractivity contribution in [2.75, 3.05) is 0 Å². The molecule has 0 rings (SSSR count). The van der Waals surface area contributed by atoms with Crippen LogP contribution in [0.25, 0.3) is 0 Å². The predicted molar refractivity (Wildman–Crippen MR) is 75.4 cm³/mol. The Hall–Kier alpha value is -0.260. The van der Waals surface area contributed by atoms with Gasteiger partial charge < -0.3 is 0 Å². The van der Waals surface area contributed by atoms with Crippen molar-refractivity contribution in [2.24, 2.45) is 11.8 Å². The molecule has 0 heteroatoms. The molecule has 0 saturated carbocycles. The Morgan fingerprint density at radius 3 is 1.47 bits per heavy atom. The third-order valence-electron chi connectivity index (χ3n) is 2.69. The van der Waals surface area contributed by atoms with Crippen LogP contribution >= 0.6 is 0 Å². The highest BCUT2D eigenvalue weighted by atomic mass is 14.1. The Labute approximate surface area is 99.2 Å². The summed E-state index contributed by atoms with van der Waals surface area (Å²) in [5.74, 6) is 1.85. The van der Waals surface area contributed by atoms with Crippen molar-refractivity contribution in [1.82, 2.24) is 0 Å². The molecule has 15 heavy (non-hydrogen) atoms. The highest BCUT2D eigenvalue weighted by Crippen LogP contribution is 2.18. The van der Waals surface area contributed by atoms with Crippen molar-refractivity contribution in [1.29, 1.82) is 0 Å². The minimum absolute atomic E-state index is 0.921. The van der Waals surface area contributed by atoms with Crippen LogP contribution in [0.3, 0.4) is 0 Å². The Morgan fingerprint density at radius 1 is 0.867 bits per heavy atom. The van der Waals surface area contributed by atoms with Crippen LogP contribution in [0.4, 0.5) is 0 Å². The van der Waals surface area contributed by atoms with Crippen LogP contribution in [0.5, 0.6) is 0 Å². The van der Waals surface area contributed by atoms with E-state index in [1.165, 1.54) is 19.3 Å². The van der Waals surface area contributed by atoms with E-state index < -0.39 is 0 Å². The second kappa shape index (κ2) is 19.3. The van der Waals surface area contributed by atoms with Crippen molar-refractivity contribution in [3.63, 3.8) is 0 Å². The van der Waals surface area contributed by atoms with Gasteiger partial charge in [-0.2, -0.15) is 0 Å². The Morgan fingerprint density at radius 2 is 1.27 bits per heavy atom. The van der Waals surface area contributed by atoms with Crippen molar-refractivity contribution >= 4 is 0 Å². The summed E-state index contributed by atoms with van der Waals surface area (Å²) in [6.45, 7) is 17.2. The average Bonchev–Trinajstić information content (AvgIpc) is 2.31. The molecule has 0 nitrogen and oxygen atoms in total. The van der Waals surface area contributed by atoms with Crippen molar-refractivity contribution in [3.8, 4) is 0 Å². The van der Waals surface area contributed by atoms with E-state index in [4.69, 9.17) is 0 Å². The second-order valence-electron chi connectivity index (χ2n) is 3.82. The summed E-state index contributed by atoms with van der Waals surface area (Å²) in [6, 6.07) is 0. The van der Waals surface area contributed by atoms with Gasteiger partial charge in [0.05, 0.1) is 0 Å². The minimum atomic E-state index is 0.921. The quantitative estimate of drug-likeness (QED) is 0.498. The first-order valence-corrected chi connectivity index (χ1v) is 6.71. The molecule has 0 amide bonds. The Balaban J connectivity index is -0.000000202. The van der Waals surface area contributed by atoms with Crippen molar-refractivity contribution in [2.45, 2.75) is 74.7 Å². The molecule has 0 aromatic carbocycles. The van der Waals surface area contributed by atoms with Crippen LogP contribution in [0.1, 0.15) is 74.7 Å². The van der Waals surface area contributed by atoms with Gasteiger partial charge in [-0.3, -0.25) is 0 Å². The summed E-state index contributed by atoms with van der Waals surface area (Å²) in [7, 11) is 0. The van der Waals surface area contributed by atoms with Gasteiger partial charge in [-0.25, -0.2) is 0 Å². The van der Waals surface area contributed by atoms with Gasteiger partial charge in [0.2, 0.25) is 0 Å². The molecule has 0 N–H and O–H groups in total. The molecule has 0 spiro atoms. The van der Waals surface area contributed by atoms with Crippen molar-refractivity contribution in [3.05, 3.63) is 12.2 Å². The van der Waals surface area contributed by atoms with Crippen LogP contribution in [-0.2, 0) is 0 Å². The lowest BCUT2D eigenvalue weighted by molar-refractivity contribution is 0.352. The fraction of sp³-hybridized carbons (Fsp3) is 0.867. The van der Waals surface area contributed by atoms with Gasteiger partial charge in [0.1, 0.15) is 0 Å². The zero-order valence-corrected chi connectivity index (χ0v) is 12.4. The molecule has 0 aliphatic carbocycles. The van der Waals surface area contributed by atoms with Gasteiger partial charge in [0.25, 0.3) is 0 Å². The van der Waals surface area contributed by atoms with E-state index in [0.717, 1.165) is 11.8 Å². The monoisotopic (exact) mass is 214 g/mol. The van der Waals surface area contributed by atoms with E-state index >= 15 is 0 Å². The summed E-state index contributed by atoms with van der Waals surface area (Å²) >= 11 is 0. The lowest BCUT2D eigenvalue weighted by Crippen LogP contribution is -2.05. The van der Waals surface area contributed by atoms with Gasteiger partial charge in [-0.1, -0.05) is 73.0 Å². The minimum Gasteiger partial charge on any atom is -0.0919 e. The van der Waals surface area contributed by atoms with Crippen LogP contribution in [-0.4, -0.2) is 0 Å². The summed E-state index contributed by atoms with van der Waals surface area (Å²) in [6.07, 6.45) is 8.07. The van der Waals surface area contributed by atoms with Crippen LogP contribution < -0.4 is 0 Å². The molecule has 0 heterocycles. The van der Waals surface area contributed by atoms with Gasteiger partial charge in [0.15, 0.2) is 0 Å². The summed E-state index contributed by atoms with van der Waals surface area (Å²) < 4.78 is 0. The summed E-state index contributed by atoms with van der Waals surface area (Å²) in [5.41, 5.74) is 0. The highest BCUT2D eigenvalue weighted by Gasteiger charge is 2.07. The fourth-order valence-corrected chi connectivity index (χ4v) is 1.14. The maximum Gasteiger partial charge on any atom is -0.0417 e. The van der Waals surface area contributed by atoms with Gasteiger partial charge in [-0.15, -0.1) is 0 Å². The lowest BCUT2D eigenvalue weighted by atomic mass is 9.90. The molecule has 0 aliphatic rings. The highest BCUT2D eigenvalue weighted by molar-refractivity contribution is 4.68. The summed E-state index contributed by atoms with van der Waals surface area (Å²) in [5, 5.41) is 0. The maximum absolute atomic E-state index is 2.36. The van der Waals surface area contributed by atoms with E-state index in [1.807, 2.05) is 39.8 Å². The van der Waals surface area contributed by atoms with E-state index in [1.54, 1.807) is 0 Å². The SMILES string of the molecule is CC.CC=CC.CCCC(C)C(C)CC. The molecular weight excluding hydrogens is 180 g/mol. The lowest BCUT2D eigenvalue weighted by Gasteiger charge is -2.16. The third kappa shape index (κ3) is 20.0. The zero-order chi connectivity index (χ0) is 12.7. The predicted octanol–water partition coefficient (Wildman–Crippen LogP) is 6.08. The molecule has 0 radical (unpaired) electrons. The first-order valence-electron chi connectivity index (χ1n) is 6.71. The van der Waals surface area contributed by atoms with E-state index in [9.17, 15) is 0 Å². The van der Waals surface area contributed by atoms with Gasteiger partial charge in [-0.05, 0) is 25.7 Å². The topological polar surface area (TPSA) is 0 Å². The molecule has 0 aliphatic heterocycles. The zero-order valence-electron chi connectivity index (χ0n) is 12.4. The van der Waals surface area contributed by atoms with Crippen LogP contribution in [0.2, 0.25) is 0 Å². The van der Waals surface area contributed by atoms with Crippen molar-refractivity contribution < 1.29 is 0 Å². The summed E-state index contributed by atoms with van der Waals surface area (Å²) in [4.78, 5) is 0. The molecule has 2 atom stereocenters. The molecule has 0 aromatic rings. The van der Waals surface area contributed by atoms with Gasteiger partial charge >= 0.3 is 0 Å². The normalized spacial score (nSPS) is 13.3. The molecular formula is C15H34. The van der Waals surface area contributed by atoms with E-state index in [-0.39, 0.29) is 0 Å². The molecule has 2 unspecified atom stereocenters. The number of hydrogen-bond donors (Lipinski definition) is 0. The van der Waals surface area contributed by atoms with Crippen LogP contribution in [0, 0.1) is 11.8 Å². The van der Waals surface area contributed by atoms with E-state index in [2.05, 4.69) is 27.7 Å². The average molecular weight is 214 g/mol. The van der Waals surface area contributed by atoms with Crippen LogP contribution in [0.15, 0.2) is 12.2 Å². The standard InChI is InChI=1S/C9H20.C4H8.C2H6/c1-5-7-9(4)8(3)6-2;1-3-4-2;1-2/h8-9H,5-7H2,1-4H3;3-4H,1-2H3;1-2H3.